The SMILES string of the molecule is CC(C)C[C@H](NC=C1C(=O)OC(C)(C)OC1=O)C(=O)Nc1ccc([N+](=O)[O-])cc1. The number of hydrogen-bond donors (Lipinski definition) is 2. The Morgan fingerprint density at radius 1 is 1.17 bits per heavy atom. The van der Waals surface area contributed by atoms with Crippen molar-refractivity contribution in [3.8, 4) is 0 Å². The van der Waals surface area contributed by atoms with Crippen molar-refractivity contribution < 1.29 is 28.8 Å². The normalized spacial score (nSPS) is 16.5. The summed E-state index contributed by atoms with van der Waals surface area (Å²) >= 11 is 0. The topological polar surface area (TPSA) is 137 Å². The van der Waals surface area contributed by atoms with Gasteiger partial charge in [0.25, 0.3) is 11.5 Å². The van der Waals surface area contributed by atoms with Crippen LogP contribution in [0.25, 0.3) is 0 Å². The van der Waals surface area contributed by atoms with E-state index in [1.807, 2.05) is 13.8 Å². The van der Waals surface area contributed by atoms with Gasteiger partial charge in [-0.25, -0.2) is 9.59 Å². The quantitative estimate of drug-likeness (QED) is 0.232. The zero-order valence-corrected chi connectivity index (χ0v) is 16.6. The standard InChI is InChI=1S/C19H23N3O7/c1-11(2)9-15(16(23)21-12-5-7-13(8-6-12)22(26)27)20-10-14-17(24)28-19(3,4)29-18(14)25/h5-8,10-11,15,20H,9H2,1-4H3,(H,21,23)/t15-/m0/s1. The van der Waals surface area contributed by atoms with Gasteiger partial charge >= 0.3 is 11.9 Å². The second kappa shape index (κ2) is 8.72. The first-order chi connectivity index (χ1) is 13.5. The minimum Gasteiger partial charge on any atom is -0.419 e. The molecule has 1 fully saturated rings. The van der Waals surface area contributed by atoms with Crippen molar-refractivity contribution in [3.63, 3.8) is 0 Å². The van der Waals surface area contributed by atoms with Crippen LogP contribution in [0.1, 0.15) is 34.1 Å². The number of benzene rings is 1. The third-order valence-electron chi connectivity index (χ3n) is 3.91. The van der Waals surface area contributed by atoms with E-state index in [1.54, 1.807) is 0 Å². The van der Waals surface area contributed by atoms with Gasteiger partial charge in [-0.05, 0) is 24.5 Å². The molecule has 1 aromatic rings. The van der Waals surface area contributed by atoms with E-state index in [2.05, 4.69) is 10.6 Å². The maximum Gasteiger partial charge on any atom is 0.350 e. The molecule has 0 aromatic heterocycles. The average Bonchev–Trinajstić information content (AvgIpc) is 2.59. The van der Waals surface area contributed by atoms with Gasteiger partial charge in [0.15, 0.2) is 5.57 Å². The summed E-state index contributed by atoms with van der Waals surface area (Å²) in [7, 11) is 0. The van der Waals surface area contributed by atoms with Crippen LogP contribution in [0.5, 0.6) is 0 Å². The number of hydrogen-bond acceptors (Lipinski definition) is 8. The molecule has 2 N–H and O–H groups in total. The number of rotatable bonds is 7. The first-order valence-corrected chi connectivity index (χ1v) is 8.96. The highest BCUT2D eigenvalue weighted by Gasteiger charge is 2.39. The van der Waals surface area contributed by atoms with Gasteiger partial charge in [0, 0.05) is 37.9 Å². The maximum absolute atomic E-state index is 12.6. The Balaban J connectivity index is 2.12. The minimum atomic E-state index is -1.35. The van der Waals surface area contributed by atoms with Crippen molar-refractivity contribution in [2.24, 2.45) is 5.92 Å². The summed E-state index contributed by atoms with van der Waals surface area (Å²) in [4.78, 5) is 46.9. The van der Waals surface area contributed by atoms with E-state index in [9.17, 15) is 24.5 Å². The monoisotopic (exact) mass is 405 g/mol. The van der Waals surface area contributed by atoms with Gasteiger partial charge in [-0.15, -0.1) is 0 Å². The van der Waals surface area contributed by atoms with Crippen molar-refractivity contribution in [1.82, 2.24) is 5.32 Å². The highest BCUT2D eigenvalue weighted by Crippen LogP contribution is 2.22. The molecule has 0 aliphatic carbocycles. The third kappa shape index (κ3) is 6.03. The molecular formula is C19H23N3O7. The number of cyclic esters (lactones) is 2. The van der Waals surface area contributed by atoms with Crippen molar-refractivity contribution in [2.45, 2.75) is 45.9 Å². The zero-order valence-electron chi connectivity index (χ0n) is 16.6. The molecule has 1 aliphatic heterocycles. The van der Waals surface area contributed by atoms with Gasteiger partial charge in [-0.3, -0.25) is 14.9 Å². The summed E-state index contributed by atoms with van der Waals surface area (Å²) in [6.07, 6.45) is 1.51. The van der Waals surface area contributed by atoms with Crippen molar-refractivity contribution >= 4 is 29.2 Å². The number of carbonyl (C=O) groups is 3. The lowest BCUT2D eigenvalue weighted by Gasteiger charge is -2.30. The molecule has 1 heterocycles. The maximum atomic E-state index is 12.6. The lowest BCUT2D eigenvalue weighted by molar-refractivity contribution is -0.384. The van der Waals surface area contributed by atoms with E-state index in [4.69, 9.17) is 9.47 Å². The predicted molar refractivity (Wildman–Crippen MR) is 102 cm³/mol. The predicted octanol–water partition coefficient (Wildman–Crippen LogP) is 2.26. The first kappa shape index (κ1) is 21.9. The molecule has 156 valence electrons. The number of anilines is 1. The minimum absolute atomic E-state index is 0.0955. The Kier molecular flexibility index (Phi) is 6.57. The lowest BCUT2D eigenvalue weighted by Crippen LogP contribution is -2.44. The van der Waals surface area contributed by atoms with E-state index in [0.29, 0.717) is 12.1 Å². The van der Waals surface area contributed by atoms with E-state index in [0.717, 1.165) is 6.20 Å². The van der Waals surface area contributed by atoms with Crippen LogP contribution in [0.2, 0.25) is 0 Å². The molecular weight excluding hydrogens is 382 g/mol. The molecule has 10 nitrogen and oxygen atoms in total. The Morgan fingerprint density at radius 2 is 1.72 bits per heavy atom. The molecule has 1 atom stereocenters. The number of amides is 1. The molecule has 29 heavy (non-hydrogen) atoms. The largest absolute Gasteiger partial charge is 0.419 e. The summed E-state index contributed by atoms with van der Waals surface area (Å²) in [5, 5.41) is 16.1. The molecule has 0 radical (unpaired) electrons. The van der Waals surface area contributed by atoms with E-state index in [1.165, 1.54) is 38.1 Å². The Morgan fingerprint density at radius 3 is 2.21 bits per heavy atom. The van der Waals surface area contributed by atoms with Gasteiger partial charge in [0.2, 0.25) is 5.91 Å². The van der Waals surface area contributed by atoms with Gasteiger partial charge in [0.05, 0.1) is 4.92 Å². The number of non-ortho nitro benzene ring substituents is 1. The molecule has 1 aliphatic rings. The fraction of sp³-hybridized carbons (Fsp3) is 0.421. The highest BCUT2D eigenvalue weighted by molar-refractivity contribution is 6.15. The molecule has 1 amide bonds. The second-order valence-electron chi connectivity index (χ2n) is 7.38. The van der Waals surface area contributed by atoms with Gasteiger partial charge in [-0.2, -0.15) is 0 Å². The summed E-state index contributed by atoms with van der Waals surface area (Å²) < 4.78 is 10.0. The molecule has 1 saturated heterocycles. The Bertz CT molecular complexity index is 822. The smallest absolute Gasteiger partial charge is 0.350 e. The molecule has 1 aromatic carbocycles. The molecule has 0 saturated carbocycles. The highest BCUT2D eigenvalue weighted by atomic mass is 16.7. The zero-order chi connectivity index (χ0) is 21.8. The number of nitrogens with zero attached hydrogens (tertiary/aromatic N) is 1. The molecule has 10 heteroatoms. The van der Waals surface area contributed by atoms with Crippen LogP contribution in [0.15, 0.2) is 36.0 Å². The van der Waals surface area contributed by atoms with E-state index < -0.39 is 34.6 Å². The number of nitrogens with one attached hydrogen (secondary N) is 2. The number of nitro groups is 1. The number of carbonyl (C=O) groups excluding carboxylic acids is 3. The van der Waals surface area contributed by atoms with Crippen molar-refractivity contribution in [3.05, 3.63) is 46.2 Å². The number of nitro benzene ring substituents is 1. The number of ether oxygens (including phenoxy) is 2. The Hall–Kier alpha value is -3.43. The summed E-state index contributed by atoms with van der Waals surface area (Å²) in [6, 6.07) is 4.61. The van der Waals surface area contributed by atoms with Crippen LogP contribution in [-0.2, 0) is 23.9 Å². The Labute approximate surface area is 167 Å². The third-order valence-corrected chi connectivity index (χ3v) is 3.91. The molecule has 0 unspecified atom stereocenters. The molecule has 0 bridgehead atoms. The molecule has 0 spiro atoms. The first-order valence-electron chi connectivity index (χ1n) is 8.96. The van der Waals surface area contributed by atoms with Crippen LogP contribution in [0.3, 0.4) is 0 Å². The van der Waals surface area contributed by atoms with Crippen molar-refractivity contribution in [1.29, 1.82) is 0 Å². The van der Waals surface area contributed by atoms with Gasteiger partial charge in [-0.1, -0.05) is 13.8 Å². The average molecular weight is 405 g/mol. The summed E-state index contributed by atoms with van der Waals surface area (Å²) in [6.45, 7) is 6.69. The molecule has 2 rings (SSSR count). The fourth-order valence-corrected chi connectivity index (χ4v) is 2.58. The fourth-order valence-electron chi connectivity index (χ4n) is 2.58. The summed E-state index contributed by atoms with van der Waals surface area (Å²) in [5.41, 5.74) is -0.0647. The van der Waals surface area contributed by atoms with Gasteiger partial charge in [0.1, 0.15) is 6.04 Å². The van der Waals surface area contributed by atoms with Crippen LogP contribution >= 0.6 is 0 Å². The van der Waals surface area contributed by atoms with Crippen LogP contribution in [0, 0.1) is 16.0 Å². The number of esters is 2. The lowest BCUT2D eigenvalue weighted by atomic mass is 10.0. The van der Waals surface area contributed by atoms with Crippen molar-refractivity contribution in [2.75, 3.05) is 5.32 Å². The summed E-state index contributed by atoms with van der Waals surface area (Å²) in [5.74, 6) is -3.36. The van der Waals surface area contributed by atoms with E-state index in [-0.39, 0.29) is 17.2 Å². The van der Waals surface area contributed by atoms with Crippen LogP contribution < -0.4 is 10.6 Å². The van der Waals surface area contributed by atoms with E-state index >= 15 is 0 Å². The van der Waals surface area contributed by atoms with Crippen LogP contribution in [-0.4, -0.2) is 34.6 Å². The van der Waals surface area contributed by atoms with Crippen LogP contribution in [0.4, 0.5) is 11.4 Å². The second-order valence-corrected chi connectivity index (χ2v) is 7.38. The van der Waals surface area contributed by atoms with Gasteiger partial charge < -0.3 is 20.1 Å².